The quantitative estimate of drug-likeness (QED) is 0.0990. The summed E-state index contributed by atoms with van der Waals surface area (Å²) in [5.74, 6) is 2.13. The maximum atomic E-state index is 8.70. The zero-order valence-corrected chi connectivity index (χ0v) is 34.4. The lowest BCUT2D eigenvalue weighted by Crippen LogP contribution is -2.72. The summed E-state index contributed by atoms with van der Waals surface area (Å²) in [4.78, 5) is 4.89. The van der Waals surface area contributed by atoms with E-state index in [1.807, 2.05) is 22.9 Å². The highest BCUT2D eigenvalue weighted by atomic mass is 28.3. The van der Waals surface area contributed by atoms with Crippen molar-refractivity contribution in [2.75, 3.05) is 0 Å². The Balaban J connectivity index is 1.14. The van der Waals surface area contributed by atoms with Crippen LogP contribution in [-0.2, 0) is 12.4 Å². The van der Waals surface area contributed by atoms with Crippen molar-refractivity contribution in [3.8, 4) is 23.0 Å². The second-order valence-corrected chi connectivity index (χ2v) is 20.4. The number of aryl methyl sites for hydroxylation is 1. The Morgan fingerprint density at radius 3 is 1.98 bits per heavy atom. The zero-order valence-electron chi connectivity index (χ0n) is 36.4. The molecule has 5 heterocycles. The van der Waals surface area contributed by atoms with Crippen molar-refractivity contribution >= 4 is 78.4 Å². The fourth-order valence-electron chi connectivity index (χ4n) is 9.84. The van der Waals surface area contributed by atoms with Gasteiger partial charge in [0.25, 0.3) is 8.24 Å². The van der Waals surface area contributed by atoms with Gasteiger partial charge >= 0.3 is 0 Å². The lowest BCUT2D eigenvalue weighted by Gasteiger charge is -2.37. The Bertz CT molecular complexity index is 3600. The van der Waals surface area contributed by atoms with Crippen LogP contribution in [0.25, 0.3) is 66.2 Å². The Labute approximate surface area is 353 Å². The smallest absolute Gasteiger partial charge is 0.251 e. The van der Waals surface area contributed by atoms with Crippen LogP contribution in [0.1, 0.15) is 30.4 Å². The number of aromatic nitrogens is 5. The van der Waals surface area contributed by atoms with Gasteiger partial charge in [0.1, 0.15) is 17.3 Å². The van der Waals surface area contributed by atoms with Gasteiger partial charge in [-0.1, -0.05) is 136 Å². The molecule has 0 fully saturated rings. The van der Waals surface area contributed by atoms with E-state index >= 15 is 0 Å². The van der Waals surface area contributed by atoms with Crippen LogP contribution in [0, 0.1) is 6.33 Å². The molecule has 1 aliphatic heterocycles. The van der Waals surface area contributed by atoms with Crippen molar-refractivity contribution in [2.24, 2.45) is 6.98 Å². The number of para-hydroxylation sites is 2. The maximum Gasteiger partial charge on any atom is 0.251 e. The summed E-state index contributed by atoms with van der Waals surface area (Å²) in [6.45, 7) is 4.17. The maximum absolute atomic E-state index is 8.70. The van der Waals surface area contributed by atoms with Gasteiger partial charge in [-0.3, -0.25) is 4.57 Å². The molecular formula is C53H41N5OSi. The van der Waals surface area contributed by atoms with Gasteiger partial charge in [0, 0.05) is 39.5 Å². The van der Waals surface area contributed by atoms with Gasteiger partial charge in [-0.05, 0) is 80.5 Å². The number of ether oxygens (including phenoxy) is 1. The third-order valence-electron chi connectivity index (χ3n) is 12.5. The number of hydrogen-bond acceptors (Lipinski definition) is 2. The normalized spacial score (nSPS) is 14.4. The molecule has 0 saturated heterocycles. The molecule has 60 heavy (non-hydrogen) atoms. The van der Waals surface area contributed by atoms with Crippen LogP contribution in [0.4, 0.5) is 0 Å². The molecule has 4 aromatic heterocycles. The van der Waals surface area contributed by atoms with E-state index < -0.39 is 15.2 Å². The Hall–Kier alpha value is -7.22. The first kappa shape index (κ1) is 31.7. The average Bonchev–Trinajstić information content (AvgIpc) is 3.94. The van der Waals surface area contributed by atoms with E-state index in [9.17, 15) is 0 Å². The molecule has 0 aliphatic carbocycles. The van der Waals surface area contributed by atoms with Crippen molar-refractivity contribution < 1.29 is 13.4 Å². The summed E-state index contributed by atoms with van der Waals surface area (Å²) in [6, 6.07) is 59.5. The largest absolute Gasteiger partial charge is 0.458 e. The van der Waals surface area contributed by atoms with Crippen LogP contribution in [0.5, 0.6) is 11.5 Å². The van der Waals surface area contributed by atoms with Gasteiger partial charge in [0.2, 0.25) is 6.33 Å². The molecule has 7 aromatic carbocycles. The highest BCUT2D eigenvalue weighted by Crippen LogP contribution is 2.41. The fourth-order valence-corrected chi connectivity index (χ4v) is 14.9. The molecule has 0 radical (unpaired) electrons. The molecule has 0 bridgehead atoms. The third kappa shape index (κ3) is 4.81. The number of benzene rings is 7. The van der Waals surface area contributed by atoms with Gasteiger partial charge in [-0.2, -0.15) is 0 Å². The molecular weight excluding hydrogens is 751 g/mol. The molecule has 0 amide bonds. The molecule has 0 N–H and O–H groups in total. The molecule has 288 valence electrons. The molecule has 1 aliphatic rings. The first-order valence-corrected chi connectivity index (χ1v) is 22.3. The monoisotopic (exact) mass is 794 g/mol. The Morgan fingerprint density at radius 1 is 0.617 bits per heavy atom. The number of pyridine rings is 1. The van der Waals surface area contributed by atoms with E-state index in [0.29, 0.717) is 17.0 Å². The van der Waals surface area contributed by atoms with Gasteiger partial charge in [0.15, 0.2) is 0 Å². The van der Waals surface area contributed by atoms with Crippen molar-refractivity contribution in [3.63, 3.8) is 0 Å². The predicted molar refractivity (Wildman–Crippen MR) is 247 cm³/mol. The molecule has 0 unspecified atom stereocenters. The van der Waals surface area contributed by atoms with Crippen molar-refractivity contribution in [3.05, 3.63) is 188 Å². The fraction of sp³-hybridized carbons (Fsp3) is 0.0943. The highest BCUT2D eigenvalue weighted by Gasteiger charge is 2.47. The summed E-state index contributed by atoms with van der Waals surface area (Å²) >= 11 is 0. The van der Waals surface area contributed by atoms with Crippen LogP contribution in [0.3, 0.4) is 0 Å². The second kappa shape index (κ2) is 12.6. The lowest BCUT2D eigenvalue weighted by atomic mass is 9.88. The topological polar surface area (TPSA) is 40.8 Å². The van der Waals surface area contributed by atoms with Gasteiger partial charge in [-0.15, -0.1) is 0 Å². The number of rotatable bonds is 5. The first-order chi connectivity index (χ1) is 30.5. The van der Waals surface area contributed by atoms with E-state index in [0.717, 1.165) is 65.8 Å². The first-order valence-electron chi connectivity index (χ1n) is 21.9. The van der Waals surface area contributed by atoms with Crippen LogP contribution >= 0.6 is 0 Å². The number of fused-ring (bicyclic) bond motifs is 8. The molecule has 7 heteroatoms. The summed E-state index contributed by atoms with van der Waals surface area (Å²) in [6.07, 6.45) is 5.28. The summed E-state index contributed by atoms with van der Waals surface area (Å²) in [7, 11) is -3.29. The van der Waals surface area contributed by atoms with E-state index in [1.54, 1.807) is 0 Å². The Kier molecular flexibility index (Phi) is 6.68. The molecule has 11 aromatic rings. The molecule has 0 spiro atoms. The number of nitrogens with zero attached hydrogens (tertiary/aromatic N) is 5. The number of hydrogen-bond donors (Lipinski definition) is 0. The molecule has 6 nitrogen and oxygen atoms in total. The van der Waals surface area contributed by atoms with Crippen molar-refractivity contribution in [1.29, 1.82) is 0 Å². The predicted octanol–water partition coefficient (Wildman–Crippen LogP) is 9.77. The van der Waals surface area contributed by atoms with Crippen LogP contribution in [-0.4, -0.2) is 26.6 Å². The van der Waals surface area contributed by atoms with Crippen LogP contribution < -0.4 is 24.9 Å². The summed E-state index contributed by atoms with van der Waals surface area (Å²) in [5.41, 5.74) is 7.46. The van der Waals surface area contributed by atoms with E-state index in [1.165, 1.54) is 20.5 Å². The summed E-state index contributed by atoms with van der Waals surface area (Å²) < 4.78 is 41.1. The standard InChI is InChI=1S/C53H41N5OSi/c1-53(2,3)35-29-30-54-50(31-35)57-44-21-13-11-19-40(44)42-25-23-36(32-47(42)57)59-37-24-28-49-48(33-37)56-34-55(4)46-27-26-43-41-20-12-14-22-45(41)58(51(43)52(46)56)60(49,38-15-7-5-8-16-38)39-17-9-6-10-18-39/h5-33H,1-4H3/i4D3. The second-order valence-electron chi connectivity index (χ2n) is 16.9. The minimum absolute atomic E-state index is 0.0515. The van der Waals surface area contributed by atoms with Gasteiger partial charge in [-0.25, -0.2) is 4.98 Å². The minimum atomic E-state index is -3.29. The van der Waals surface area contributed by atoms with Gasteiger partial charge < -0.3 is 18.1 Å². The highest BCUT2D eigenvalue weighted by molar-refractivity contribution is 7.11. The lowest BCUT2D eigenvalue weighted by molar-refractivity contribution is -0.649. The van der Waals surface area contributed by atoms with Crippen LogP contribution in [0.2, 0.25) is 0 Å². The Morgan fingerprint density at radius 2 is 1.25 bits per heavy atom. The zero-order chi connectivity index (χ0) is 42.8. The summed E-state index contributed by atoms with van der Waals surface area (Å²) in [5, 5.41) is 7.88. The average molecular weight is 795 g/mol. The minimum Gasteiger partial charge on any atom is -0.458 e. The van der Waals surface area contributed by atoms with E-state index in [-0.39, 0.29) is 5.41 Å². The van der Waals surface area contributed by atoms with E-state index in [2.05, 4.69) is 194 Å². The third-order valence-corrected chi connectivity index (χ3v) is 17.2. The van der Waals surface area contributed by atoms with Crippen LogP contribution in [0.15, 0.2) is 176 Å². The SMILES string of the molecule is [2H]C([2H])([2H])[n+]1[c-]n2c3c4c(ccc31)c1ccccc1n4[Si](c1ccccc1)(c1ccccc1)c1ccc(Oc3ccc4c5ccccc5n(-c5cc(C(C)(C)C)ccn5)c4c3)cc1-2. The molecule has 0 atom stereocenters. The van der Waals surface area contributed by atoms with Crippen molar-refractivity contribution in [2.45, 2.75) is 26.2 Å². The van der Waals surface area contributed by atoms with Gasteiger partial charge in [0.05, 0.1) is 38.8 Å². The van der Waals surface area contributed by atoms with E-state index in [4.69, 9.17) is 13.8 Å². The molecule has 12 rings (SSSR count). The number of imidazole rings is 1. The van der Waals surface area contributed by atoms with Crippen molar-refractivity contribution in [1.82, 2.24) is 18.4 Å². The molecule has 0 saturated carbocycles.